The molecule has 1 saturated heterocycles. The van der Waals surface area contributed by atoms with Crippen LogP contribution in [0, 0.1) is 0 Å². The molecule has 3 rings (SSSR count). The molecule has 1 fully saturated rings. The summed E-state index contributed by atoms with van der Waals surface area (Å²) < 4.78 is 0. The van der Waals surface area contributed by atoms with Crippen LogP contribution in [0.3, 0.4) is 0 Å². The van der Waals surface area contributed by atoms with Gasteiger partial charge in [0.2, 0.25) is 11.6 Å². The van der Waals surface area contributed by atoms with E-state index < -0.39 is 35.8 Å². The number of aliphatic hydroxyl groups is 3. The molecule has 1 aromatic carbocycles. The molecule has 9 heteroatoms. The molecule has 0 aromatic heterocycles. The summed E-state index contributed by atoms with van der Waals surface area (Å²) in [5.41, 5.74) is 2.58. The number of carbonyl (C=O) groups is 3. The highest BCUT2D eigenvalue weighted by Crippen LogP contribution is 2.43. The molecule has 6 N–H and O–H groups in total. The minimum Gasteiger partial charge on any atom is -0.398 e. The molecule has 3 amide bonds. The van der Waals surface area contributed by atoms with Gasteiger partial charge in [-0.15, -0.1) is 0 Å². The predicted molar refractivity (Wildman–Crippen MR) is 70.5 cm³/mol. The fourth-order valence-corrected chi connectivity index (χ4v) is 2.83. The SMILES string of the molecule is Nc1cccc2c1C(O)(O)N(C1(O)CCC(=O)NC1=O)C2=O. The van der Waals surface area contributed by atoms with Crippen molar-refractivity contribution in [2.45, 2.75) is 24.5 Å². The van der Waals surface area contributed by atoms with Crippen molar-refractivity contribution >= 4 is 23.4 Å². The normalized spacial score (nSPS) is 26.9. The van der Waals surface area contributed by atoms with Gasteiger partial charge in [-0.1, -0.05) is 6.07 Å². The number of benzene rings is 1. The van der Waals surface area contributed by atoms with Gasteiger partial charge in [-0.3, -0.25) is 19.7 Å². The first kappa shape index (κ1) is 14.4. The van der Waals surface area contributed by atoms with E-state index in [1.165, 1.54) is 18.2 Å². The number of piperidine rings is 1. The third kappa shape index (κ3) is 1.67. The highest BCUT2D eigenvalue weighted by Gasteiger charge is 2.61. The van der Waals surface area contributed by atoms with Gasteiger partial charge in [0.15, 0.2) is 0 Å². The number of nitrogens with one attached hydrogen (secondary N) is 1. The number of nitrogens with two attached hydrogens (primary N) is 1. The van der Waals surface area contributed by atoms with Crippen LogP contribution in [0.2, 0.25) is 0 Å². The maximum Gasteiger partial charge on any atom is 0.283 e. The van der Waals surface area contributed by atoms with Gasteiger partial charge in [-0.05, 0) is 12.1 Å². The van der Waals surface area contributed by atoms with Gasteiger partial charge in [0, 0.05) is 18.5 Å². The van der Waals surface area contributed by atoms with Crippen molar-refractivity contribution in [3.8, 4) is 0 Å². The van der Waals surface area contributed by atoms with Gasteiger partial charge in [0.1, 0.15) is 0 Å². The van der Waals surface area contributed by atoms with Crippen LogP contribution in [0.25, 0.3) is 0 Å². The van der Waals surface area contributed by atoms with Gasteiger partial charge in [-0.2, -0.15) is 0 Å². The van der Waals surface area contributed by atoms with E-state index in [9.17, 15) is 29.7 Å². The lowest BCUT2D eigenvalue weighted by Gasteiger charge is -2.42. The van der Waals surface area contributed by atoms with Crippen LogP contribution in [-0.2, 0) is 15.5 Å². The van der Waals surface area contributed by atoms with Crippen molar-refractivity contribution in [3.05, 3.63) is 29.3 Å². The van der Waals surface area contributed by atoms with Crippen LogP contribution in [0.4, 0.5) is 5.69 Å². The molecule has 22 heavy (non-hydrogen) atoms. The quantitative estimate of drug-likeness (QED) is 0.227. The molecule has 9 nitrogen and oxygen atoms in total. The average Bonchev–Trinajstić information content (AvgIpc) is 2.63. The van der Waals surface area contributed by atoms with E-state index in [1.807, 2.05) is 5.32 Å². The molecule has 0 saturated carbocycles. The Bertz CT molecular complexity index is 716. The Morgan fingerprint density at radius 2 is 1.86 bits per heavy atom. The third-order valence-electron chi connectivity index (χ3n) is 3.86. The van der Waals surface area contributed by atoms with Crippen molar-refractivity contribution in [2.75, 3.05) is 5.73 Å². The maximum atomic E-state index is 12.4. The van der Waals surface area contributed by atoms with Crippen LogP contribution in [0.5, 0.6) is 0 Å². The topological polar surface area (TPSA) is 153 Å². The molecule has 0 radical (unpaired) electrons. The van der Waals surface area contributed by atoms with Crippen molar-refractivity contribution in [1.29, 1.82) is 0 Å². The van der Waals surface area contributed by atoms with Crippen LogP contribution in [0.15, 0.2) is 18.2 Å². The lowest BCUT2D eigenvalue weighted by Crippen LogP contribution is -2.67. The van der Waals surface area contributed by atoms with Gasteiger partial charge >= 0.3 is 0 Å². The average molecular weight is 307 g/mol. The summed E-state index contributed by atoms with van der Waals surface area (Å²) in [6, 6.07) is 4.08. The van der Waals surface area contributed by atoms with Gasteiger partial charge in [-0.25, -0.2) is 4.90 Å². The maximum absolute atomic E-state index is 12.4. The lowest BCUT2D eigenvalue weighted by atomic mass is 9.99. The molecule has 2 aliphatic heterocycles. The Hall–Kier alpha value is -2.49. The van der Waals surface area contributed by atoms with Crippen molar-refractivity contribution in [1.82, 2.24) is 10.2 Å². The highest BCUT2D eigenvalue weighted by molar-refractivity contribution is 6.07. The Kier molecular flexibility index (Phi) is 2.80. The largest absolute Gasteiger partial charge is 0.398 e. The van der Waals surface area contributed by atoms with Gasteiger partial charge in [0.25, 0.3) is 17.7 Å². The summed E-state index contributed by atoms with van der Waals surface area (Å²) in [5.74, 6) is -5.76. The molecule has 2 heterocycles. The number of rotatable bonds is 1. The third-order valence-corrected chi connectivity index (χ3v) is 3.86. The number of imide groups is 1. The second kappa shape index (κ2) is 4.26. The van der Waals surface area contributed by atoms with Crippen molar-refractivity contribution in [3.63, 3.8) is 0 Å². The summed E-state index contributed by atoms with van der Waals surface area (Å²) >= 11 is 0. The molecule has 1 aromatic rings. The number of hydrogen-bond acceptors (Lipinski definition) is 7. The summed E-state index contributed by atoms with van der Waals surface area (Å²) in [5, 5.41) is 33.0. The van der Waals surface area contributed by atoms with Crippen LogP contribution >= 0.6 is 0 Å². The molecule has 1 atom stereocenters. The minimum absolute atomic E-state index is 0.0748. The van der Waals surface area contributed by atoms with E-state index in [2.05, 4.69) is 0 Å². The zero-order valence-electron chi connectivity index (χ0n) is 11.2. The molecule has 0 bridgehead atoms. The number of nitrogens with zero attached hydrogens (tertiary/aromatic N) is 1. The summed E-state index contributed by atoms with van der Waals surface area (Å²) in [6.45, 7) is 0. The molecular formula is C13H13N3O6. The highest BCUT2D eigenvalue weighted by atomic mass is 16.5. The van der Waals surface area contributed by atoms with E-state index in [0.29, 0.717) is 0 Å². The lowest BCUT2D eigenvalue weighted by molar-refractivity contribution is -0.302. The second-order valence-corrected chi connectivity index (χ2v) is 5.24. The molecule has 0 spiro atoms. The zero-order valence-corrected chi connectivity index (χ0v) is 11.2. The van der Waals surface area contributed by atoms with E-state index in [4.69, 9.17) is 5.73 Å². The molecular weight excluding hydrogens is 294 g/mol. The number of fused-ring (bicyclic) bond motifs is 1. The van der Waals surface area contributed by atoms with Gasteiger partial charge < -0.3 is 21.1 Å². The Labute approximate surface area is 123 Å². The van der Waals surface area contributed by atoms with Crippen molar-refractivity contribution < 1.29 is 29.7 Å². The summed E-state index contributed by atoms with van der Waals surface area (Å²) in [4.78, 5) is 35.8. The fourth-order valence-electron chi connectivity index (χ4n) is 2.83. The summed E-state index contributed by atoms with van der Waals surface area (Å²) in [6.07, 6.45) is -0.714. The second-order valence-electron chi connectivity index (χ2n) is 5.24. The molecule has 1 unspecified atom stereocenters. The van der Waals surface area contributed by atoms with Crippen LogP contribution in [0.1, 0.15) is 28.8 Å². The summed E-state index contributed by atoms with van der Waals surface area (Å²) in [7, 11) is 0. The fraction of sp³-hybridized carbons (Fsp3) is 0.308. The molecule has 116 valence electrons. The zero-order chi connectivity index (χ0) is 16.3. The Morgan fingerprint density at radius 1 is 1.18 bits per heavy atom. The Balaban J connectivity index is 2.14. The van der Waals surface area contributed by atoms with E-state index >= 15 is 0 Å². The molecule has 2 aliphatic rings. The number of amides is 3. The standard InChI is InChI=1S/C13H13N3O6/c14-7-3-1-2-6-9(7)13(21,22)16(10(6)18)12(20)5-4-8(17)15-11(12)19/h1-3,20-22H,4-5,14H2,(H,15,17,19). The van der Waals surface area contributed by atoms with Crippen LogP contribution < -0.4 is 11.1 Å². The predicted octanol–water partition coefficient (Wildman–Crippen LogP) is -2.06. The van der Waals surface area contributed by atoms with Crippen LogP contribution in [-0.4, -0.2) is 43.7 Å². The molecule has 0 aliphatic carbocycles. The number of nitrogen functional groups attached to an aromatic ring is 1. The Morgan fingerprint density at radius 3 is 2.45 bits per heavy atom. The monoisotopic (exact) mass is 307 g/mol. The number of carbonyl (C=O) groups excluding carboxylic acids is 3. The number of anilines is 1. The minimum atomic E-state index is -2.97. The first-order valence-corrected chi connectivity index (χ1v) is 6.44. The van der Waals surface area contributed by atoms with E-state index in [-0.39, 0.29) is 28.1 Å². The smallest absolute Gasteiger partial charge is 0.283 e. The number of hydrogen-bond donors (Lipinski definition) is 5. The van der Waals surface area contributed by atoms with E-state index in [1.54, 1.807) is 0 Å². The first-order chi connectivity index (χ1) is 10.2. The van der Waals surface area contributed by atoms with E-state index in [0.717, 1.165) is 0 Å². The van der Waals surface area contributed by atoms with Crippen molar-refractivity contribution in [2.24, 2.45) is 0 Å². The van der Waals surface area contributed by atoms with Gasteiger partial charge in [0.05, 0.1) is 11.1 Å². The first-order valence-electron chi connectivity index (χ1n) is 6.44.